The summed E-state index contributed by atoms with van der Waals surface area (Å²) < 4.78 is 18.0. The second-order valence-electron chi connectivity index (χ2n) is 13.7. The summed E-state index contributed by atoms with van der Waals surface area (Å²) in [6, 6.07) is 1.32. The molecule has 13 heteroatoms. The van der Waals surface area contributed by atoms with Gasteiger partial charge in [0.1, 0.15) is 17.8 Å². The number of rotatable bonds is 21. The van der Waals surface area contributed by atoms with Crippen molar-refractivity contribution in [2.75, 3.05) is 27.4 Å². The van der Waals surface area contributed by atoms with E-state index in [1.807, 2.05) is 27.8 Å². The summed E-state index contributed by atoms with van der Waals surface area (Å²) in [4.78, 5) is 49.3. The van der Waals surface area contributed by atoms with Crippen LogP contribution in [-0.2, 0) is 23.5 Å². The number of likely N-dealkylation sites (tertiary alicyclic amines) is 1. The number of nitrogens with zero attached hydrogens (tertiary/aromatic N) is 3. The average molecular weight is 713 g/mol. The van der Waals surface area contributed by atoms with Crippen LogP contribution in [0, 0.1) is 11.8 Å². The lowest BCUT2D eigenvalue weighted by Gasteiger charge is -2.41. The largest absolute Gasteiger partial charge is 0.464 e. The van der Waals surface area contributed by atoms with Crippen molar-refractivity contribution < 1.29 is 33.4 Å². The molecule has 0 bridgehead atoms. The molecule has 1 aliphatic rings. The number of carbonyl (C=O) groups excluding carboxylic acids is 3. The third-order valence-electron chi connectivity index (χ3n) is 10.2. The van der Waals surface area contributed by atoms with Crippen LogP contribution in [-0.4, -0.2) is 97.8 Å². The maximum atomic E-state index is 14.8. The molecule has 1 aromatic heterocycles. The number of nitrogens with one attached hydrogen (secondary N) is 1. The van der Waals surface area contributed by atoms with Crippen LogP contribution in [0.2, 0.25) is 18.1 Å². The highest BCUT2D eigenvalue weighted by molar-refractivity contribution is 7.09. The molecule has 6 atom stereocenters. The SMILES string of the molecule is CCCC(O)OCN(C(=O)C(NC(=O)C1CCCCN1C)C(C)CC)[C@H](C[C@@H](O[Si](CC)(CC)CC)c1nc(C(=O)OC)cs1)C(C)C. The highest BCUT2D eigenvalue weighted by Gasteiger charge is 2.41. The molecule has 0 spiro atoms. The van der Waals surface area contributed by atoms with E-state index in [0.29, 0.717) is 24.3 Å². The highest BCUT2D eigenvalue weighted by Crippen LogP contribution is 2.37. The van der Waals surface area contributed by atoms with Crippen molar-refractivity contribution >= 4 is 37.4 Å². The number of carbonyl (C=O) groups is 3. The zero-order valence-electron chi connectivity index (χ0n) is 31.3. The molecule has 1 aromatic rings. The van der Waals surface area contributed by atoms with Gasteiger partial charge in [-0.25, -0.2) is 9.78 Å². The van der Waals surface area contributed by atoms with Crippen molar-refractivity contribution in [1.29, 1.82) is 0 Å². The predicted octanol–water partition coefficient (Wildman–Crippen LogP) is 6.34. The lowest BCUT2D eigenvalue weighted by molar-refractivity contribution is -0.169. The molecule has 48 heavy (non-hydrogen) atoms. The van der Waals surface area contributed by atoms with Gasteiger partial charge in [-0.15, -0.1) is 11.3 Å². The molecule has 4 unspecified atom stereocenters. The van der Waals surface area contributed by atoms with Gasteiger partial charge in [-0.2, -0.15) is 0 Å². The number of amides is 2. The Morgan fingerprint density at radius 1 is 1.12 bits per heavy atom. The minimum absolute atomic E-state index is 0.0364. The summed E-state index contributed by atoms with van der Waals surface area (Å²) in [5.74, 6) is -1.05. The molecular weight excluding hydrogens is 649 g/mol. The number of hydrogen-bond donors (Lipinski definition) is 2. The van der Waals surface area contributed by atoms with Gasteiger partial charge in [0, 0.05) is 11.4 Å². The number of esters is 1. The summed E-state index contributed by atoms with van der Waals surface area (Å²) in [5, 5.41) is 16.1. The average Bonchev–Trinajstić information content (AvgIpc) is 3.58. The molecule has 11 nitrogen and oxygen atoms in total. The maximum absolute atomic E-state index is 14.8. The summed E-state index contributed by atoms with van der Waals surface area (Å²) in [6.45, 7) is 17.3. The Balaban J connectivity index is 2.59. The van der Waals surface area contributed by atoms with Gasteiger partial charge in [-0.1, -0.05) is 74.7 Å². The van der Waals surface area contributed by atoms with Gasteiger partial charge in [-0.3, -0.25) is 14.5 Å². The van der Waals surface area contributed by atoms with E-state index < -0.39 is 32.7 Å². The number of piperidine rings is 1. The van der Waals surface area contributed by atoms with Crippen LogP contribution in [0.1, 0.15) is 122 Å². The van der Waals surface area contributed by atoms with E-state index in [1.54, 1.807) is 10.3 Å². The predicted molar refractivity (Wildman–Crippen MR) is 193 cm³/mol. The van der Waals surface area contributed by atoms with E-state index in [2.05, 4.69) is 49.8 Å². The van der Waals surface area contributed by atoms with Gasteiger partial charge in [-0.05, 0) is 69.2 Å². The van der Waals surface area contributed by atoms with Crippen molar-refractivity contribution in [1.82, 2.24) is 20.1 Å². The molecule has 0 aliphatic carbocycles. The highest BCUT2D eigenvalue weighted by atomic mass is 32.1. The number of thiazole rings is 1. The van der Waals surface area contributed by atoms with E-state index in [9.17, 15) is 19.5 Å². The van der Waals surface area contributed by atoms with Crippen molar-refractivity contribution in [3.8, 4) is 0 Å². The number of hydrogen-bond acceptors (Lipinski definition) is 10. The Labute approximate surface area is 294 Å². The lowest BCUT2D eigenvalue weighted by Crippen LogP contribution is -2.59. The first-order chi connectivity index (χ1) is 22.8. The van der Waals surface area contributed by atoms with E-state index in [-0.39, 0.29) is 48.2 Å². The Kier molecular flexibility index (Phi) is 18.2. The van der Waals surface area contributed by atoms with Gasteiger partial charge < -0.3 is 29.2 Å². The first-order valence-corrected chi connectivity index (χ1v) is 21.5. The topological polar surface area (TPSA) is 131 Å². The third-order valence-corrected chi connectivity index (χ3v) is 15.8. The van der Waals surface area contributed by atoms with Crippen LogP contribution in [0.4, 0.5) is 0 Å². The number of aromatic nitrogens is 1. The Bertz CT molecular complexity index is 1130. The van der Waals surface area contributed by atoms with Gasteiger partial charge >= 0.3 is 5.97 Å². The molecule has 2 rings (SSSR count). The van der Waals surface area contributed by atoms with Gasteiger partial charge in [0.15, 0.2) is 20.3 Å². The quantitative estimate of drug-likeness (QED) is 0.0852. The summed E-state index contributed by atoms with van der Waals surface area (Å²) in [7, 11) is 1.12. The third kappa shape index (κ3) is 11.6. The Hall–Kier alpha value is -1.90. The Morgan fingerprint density at radius 3 is 2.33 bits per heavy atom. The first-order valence-electron chi connectivity index (χ1n) is 18.1. The molecular formula is C35H64N4O7SSi. The van der Waals surface area contributed by atoms with Crippen LogP contribution >= 0.6 is 11.3 Å². The van der Waals surface area contributed by atoms with Gasteiger partial charge in [0.2, 0.25) is 11.8 Å². The first kappa shape index (κ1) is 42.3. The Morgan fingerprint density at radius 2 is 1.79 bits per heavy atom. The zero-order valence-corrected chi connectivity index (χ0v) is 33.1. The lowest BCUT2D eigenvalue weighted by atomic mass is 9.92. The number of likely N-dealkylation sites (N-methyl/N-ethyl adjacent to an activating group) is 1. The summed E-state index contributed by atoms with van der Waals surface area (Å²) in [5.41, 5.74) is 0.232. The van der Waals surface area contributed by atoms with Crippen LogP contribution in [0.15, 0.2) is 5.38 Å². The molecule has 1 aliphatic heterocycles. The number of aliphatic hydroxyl groups is 1. The summed E-state index contributed by atoms with van der Waals surface area (Å²) in [6.07, 6.45) is 3.54. The standard InChI is InChI=1S/C35H64N4O7SSi/c1-11-18-30(40)45-23-39(34(42)31(25(8)12-2)37-32(41)27-19-16-17-20-38(27)9)28(24(6)7)21-29(46-48(13-3,14-4)15-5)33-36-26(22-47-33)35(43)44-10/h22,24-25,27-31,40H,11-21,23H2,1-10H3,(H,37,41)/t25?,27?,28-,29-,30?,31?/m1/s1. The van der Waals surface area contributed by atoms with Gasteiger partial charge in [0.05, 0.1) is 19.3 Å². The molecule has 1 saturated heterocycles. The fourth-order valence-electron chi connectivity index (χ4n) is 6.45. The monoisotopic (exact) mass is 712 g/mol. The molecule has 0 saturated carbocycles. The van der Waals surface area contributed by atoms with E-state index in [0.717, 1.165) is 50.4 Å². The number of aliphatic hydroxyl groups excluding tert-OH is 1. The minimum atomic E-state index is -2.18. The fraction of sp³-hybridized carbons (Fsp3) is 0.829. The van der Waals surface area contributed by atoms with E-state index in [4.69, 9.17) is 13.9 Å². The van der Waals surface area contributed by atoms with Crippen LogP contribution in [0.25, 0.3) is 0 Å². The smallest absolute Gasteiger partial charge is 0.357 e. The molecule has 2 N–H and O–H groups in total. The van der Waals surface area contributed by atoms with Gasteiger partial charge in [0.25, 0.3) is 0 Å². The summed E-state index contributed by atoms with van der Waals surface area (Å²) >= 11 is 1.36. The van der Waals surface area contributed by atoms with Crippen molar-refractivity contribution in [2.24, 2.45) is 11.8 Å². The molecule has 1 fully saturated rings. The second-order valence-corrected chi connectivity index (χ2v) is 19.3. The zero-order chi connectivity index (χ0) is 36.0. The van der Waals surface area contributed by atoms with E-state index >= 15 is 0 Å². The van der Waals surface area contributed by atoms with Crippen LogP contribution in [0.3, 0.4) is 0 Å². The maximum Gasteiger partial charge on any atom is 0.357 e. The normalized spacial score (nSPS) is 19.0. The van der Waals surface area contributed by atoms with Crippen molar-refractivity contribution in [2.45, 2.75) is 149 Å². The molecule has 2 amide bonds. The minimum Gasteiger partial charge on any atom is -0.464 e. The van der Waals surface area contributed by atoms with Crippen LogP contribution in [0.5, 0.6) is 0 Å². The molecule has 2 heterocycles. The molecule has 0 aromatic carbocycles. The fourth-order valence-corrected chi connectivity index (χ4v) is 10.2. The molecule has 276 valence electrons. The second kappa shape index (κ2) is 20.7. The number of ether oxygens (including phenoxy) is 2. The van der Waals surface area contributed by atoms with Crippen molar-refractivity contribution in [3.63, 3.8) is 0 Å². The number of methoxy groups -OCH3 is 1. The van der Waals surface area contributed by atoms with E-state index in [1.165, 1.54) is 18.4 Å². The van der Waals surface area contributed by atoms with Crippen LogP contribution < -0.4 is 5.32 Å². The van der Waals surface area contributed by atoms with Crippen molar-refractivity contribution in [3.05, 3.63) is 16.1 Å². The molecule has 0 radical (unpaired) electrons.